The summed E-state index contributed by atoms with van der Waals surface area (Å²) in [5, 5.41) is 22.0. The van der Waals surface area contributed by atoms with E-state index in [-0.39, 0.29) is 17.8 Å². The van der Waals surface area contributed by atoms with E-state index in [4.69, 9.17) is 5.11 Å². The van der Waals surface area contributed by atoms with E-state index >= 15 is 0 Å². The molecule has 0 aliphatic heterocycles. The number of carbonyl (C=O) groups excluding carboxylic acids is 1. The first-order chi connectivity index (χ1) is 8.90. The Morgan fingerprint density at radius 3 is 2.63 bits per heavy atom. The average molecular weight is 329 g/mol. The van der Waals surface area contributed by atoms with E-state index in [1.165, 1.54) is 12.1 Å². The van der Waals surface area contributed by atoms with Crippen LogP contribution in [0.3, 0.4) is 0 Å². The molecule has 0 radical (unpaired) electrons. The van der Waals surface area contributed by atoms with Crippen LogP contribution < -0.4 is 5.32 Å². The zero-order valence-corrected chi connectivity index (χ0v) is 11.1. The van der Waals surface area contributed by atoms with Crippen LogP contribution in [-0.4, -0.2) is 21.9 Å². The number of nitro groups is 1. The van der Waals surface area contributed by atoms with Crippen LogP contribution in [0.25, 0.3) is 0 Å². The number of hydrogen-bond donors (Lipinski definition) is 2. The highest BCUT2D eigenvalue weighted by Crippen LogP contribution is 2.40. The summed E-state index contributed by atoms with van der Waals surface area (Å²) in [6.45, 7) is 0. The SMILES string of the molecule is O=C(O)C1CC1C(=O)Nc1ccc(Br)cc1[N+](=O)[O-]. The van der Waals surface area contributed by atoms with Gasteiger partial charge in [0.15, 0.2) is 0 Å². The van der Waals surface area contributed by atoms with Gasteiger partial charge in [-0.05, 0) is 18.6 Å². The molecule has 0 heterocycles. The Kier molecular flexibility index (Phi) is 3.52. The number of benzene rings is 1. The summed E-state index contributed by atoms with van der Waals surface area (Å²) >= 11 is 3.11. The van der Waals surface area contributed by atoms with E-state index in [0.29, 0.717) is 4.47 Å². The number of rotatable bonds is 4. The fraction of sp³-hybridized carbons (Fsp3) is 0.273. The molecule has 0 bridgehead atoms. The van der Waals surface area contributed by atoms with Crippen molar-refractivity contribution in [3.05, 3.63) is 32.8 Å². The van der Waals surface area contributed by atoms with Gasteiger partial charge >= 0.3 is 5.97 Å². The second kappa shape index (κ2) is 4.96. The number of nitro benzene ring substituents is 1. The zero-order chi connectivity index (χ0) is 14.2. The highest BCUT2D eigenvalue weighted by atomic mass is 79.9. The zero-order valence-electron chi connectivity index (χ0n) is 9.50. The largest absolute Gasteiger partial charge is 0.481 e. The fourth-order valence-corrected chi connectivity index (χ4v) is 2.09. The Hall–Kier alpha value is -1.96. The second-order valence-corrected chi connectivity index (χ2v) is 5.11. The second-order valence-electron chi connectivity index (χ2n) is 4.19. The summed E-state index contributed by atoms with van der Waals surface area (Å²) in [6.07, 6.45) is 0.269. The maximum atomic E-state index is 11.7. The van der Waals surface area contributed by atoms with E-state index in [0.717, 1.165) is 0 Å². The molecular weight excluding hydrogens is 320 g/mol. The van der Waals surface area contributed by atoms with E-state index in [1.54, 1.807) is 6.07 Å². The van der Waals surface area contributed by atoms with Crippen LogP contribution in [0, 0.1) is 22.0 Å². The molecule has 1 aromatic carbocycles. The standard InChI is InChI=1S/C11H9BrN2O5/c12-5-1-2-8(9(3-5)14(18)19)13-10(15)6-4-7(6)11(16)17/h1-3,6-7H,4H2,(H,13,15)(H,16,17). The quantitative estimate of drug-likeness (QED) is 0.649. The smallest absolute Gasteiger partial charge is 0.307 e. The molecule has 0 spiro atoms. The van der Waals surface area contributed by atoms with Gasteiger partial charge in [-0.1, -0.05) is 15.9 Å². The Morgan fingerprint density at radius 1 is 1.42 bits per heavy atom. The monoisotopic (exact) mass is 328 g/mol. The number of carboxylic acid groups (broad SMARTS) is 1. The Balaban J connectivity index is 2.14. The van der Waals surface area contributed by atoms with Gasteiger partial charge in [0.1, 0.15) is 5.69 Å². The van der Waals surface area contributed by atoms with Crippen LogP contribution >= 0.6 is 15.9 Å². The van der Waals surface area contributed by atoms with Crippen LogP contribution in [0.15, 0.2) is 22.7 Å². The van der Waals surface area contributed by atoms with Crippen molar-refractivity contribution >= 4 is 39.2 Å². The summed E-state index contributed by atoms with van der Waals surface area (Å²) in [4.78, 5) is 32.6. The molecule has 2 unspecified atom stereocenters. The molecule has 7 nitrogen and oxygen atoms in total. The van der Waals surface area contributed by atoms with Gasteiger partial charge in [-0.3, -0.25) is 19.7 Å². The van der Waals surface area contributed by atoms with Gasteiger partial charge in [-0.15, -0.1) is 0 Å². The van der Waals surface area contributed by atoms with E-state index < -0.39 is 28.6 Å². The van der Waals surface area contributed by atoms with Crippen molar-refractivity contribution in [2.75, 3.05) is 5.32 Å². The first-order valence-corrected chi connectivity index (χ1v) is 6.17. The molecule has 1 fully saturated rings. The third kappa shape index (κ3) is 2.90. The minimum atomic E-state index is -1.02. The van der Waals surface area contributed by atoms with Gasteiger partial charge in [-0.25, -0.2) is 0 Å². The summed E-state index contributed by atoms with van der Waals surface area (Å²) in [5.41, 5.74) is -0.176. The normalized spacial score (nSPS) is 20.7. The number of nitrogens with one attached hydrogen (secondary N) is 1. The number of amides is 1. The summed E-state index contributed by atoms with van der Waals surface area (Å²) in [6, 6.07) is 4.24. The molecule has 8 heteroatoms. The summed E-state index contributed by atoms with van der Waals surface area (Å²) in [5.74, 6) is -2.82. The molecule has 19 heavy (non-hydrogen) atoms. The lowest BCUT2D eigenvalue weighted by atomic mass is 10.2. The lowest BCUT2D eigenvalue weighted by molar-refractivity contribution is -0.384. The van der Waals surface area contributed by atoms with Crippen LogP contribution in [-0.2, 0) is 9.59 Å². The molecule has 0 saturated heterocycles. The van der Waals surface area contributed by atoms with E-state index in [9.17, 15) is 19.7 Å². The van der Waals surface area contributed by atoms with Gasteiger partial charge < -0.3 is 10.4 Å². The third-order valence-electron chi connectivity index (χ3n) is 2.86. The van der Waals surface area contributed by atoms with Crippen molar-refractivity contribution < 1.29 is 19.6 Å². The molecule has 1 aliphatic rings. The van der Waals surface area contributed by atoms with Gasteiger partial charge in [0.05, 0.1) is 16.8 Å². The van der Waals surface area contributed by atoms with Crippen molar-refractivity contribution in [1.29, 1.82) is 0 Å². The molecule has 2 N–H and O–H groups in total. The van der Waals surface area contributed by atoms with Crippen molar-refractivity contribution in [2.45, 2.75) is 6.42 Å². The minimum absolute atomic E-state index is 0.0641. The number of nitrogens with zero attached hydrogens (tertiary/aromatic N) is 1. The third-order valence-corrected chi connectivity index (χ3v) is 3.35. The van der Waals surface area contributed by atoms with Crippen LogP contribution in [0.1, 0.15) is 6.42 Å². The van der Waals surface area contributed by atoms with Crippen molar-refractivity contribution in [3.63, 3.8) is 0 Å². The summed E-state index contributed by atoms with van der Waals surface area (Å²) in [7, 11) is 0. The fourth-order valence-electron chi connectivity index (χ4n) is 1.74. The van der Waals surface area contributed by atoms with Crippen molar-refractivity contribution in [2.24, 2.45) is 11.8 Å². The van der Waals surface area contributed by atoms with Gasteiger partial charge in [0, 0.05) is 10.5 Å². The molecule has 100 valence electrons. The lowest BCUT2D eigenvalue weighted by Gasteiger charge is -2.05. The highest BCUT2D eigenvalue weighted by molar-refractivity contribution is 9.10. The number of anilines is 1. The number of carboxylic acids is 1. The molecule has 2 atom stereocenters. The van der Waals surface area contributed by atoms with Crippen LogP contribution in [0.2, 0.25) is 0 Å². The lowest BCUT2D eigenvalue weighted by Crippen LogP contribution is -2.17. The van der Waals surface area contributed by atoms with E-state index in [2.05, 4.69) is 21.2 Å². The van der Waals surface area contributed by atoms with Gasteiger partial charge in [-0.2, -0.15) is 0 Å². The Labute approximate surface area is 115 Å². The van der Waals surface area contributed by atoms with Crippen LogP contribution in [0.4, 0.5) is 11.4 Å². The number of halogens is 1. The number of aliphatic carboxylic acids is 1. The molecular formula is C11H9BrN2O5. The molecule has 1 aromatic rings. The molecule has 1 amide bonds. The van der Waals surface area contributed by atoms with Crippen molar-refractivity contribution in [3.8, 4) is 0 Å². The van der Waals surface area contributed by atoms with Crippen LogP contribution in [0.5, 0.6) is 0 Å². The molecule has 2 rings (SSSR count). The van der Waals surface area contributed by atoms with Gasteiger partial charge in [0.25, 0.3) is 5.69 Å². The average Bonchev–Trinajstić information content (AvgIpc) is 3.11. The Morgan fingerprint density at radius 2 is 2.11 bits per heavy atom. The maximum absolute atomic E-state index is 11.7. The maximum Gasteiger partial charge on any atom is 0.307 e. The minimum Gasteiger partial charge on any atom is -0.481 e. The first kappa shape index (κ1) is 13.5. The Bertz CT molecular complexity index is 574. The van der Waals surface area contributed by atoms with Crippen molar-refractivity contribution in [1.82, 2.24) is 0 Å². The summed E-state index contributed by atoms with van der Waals surface area (Å²) < 4.78 is 0.520. The number of hydrogen-bond acceptors (Lipinski definition) is 4. The topological polar surface area (TPSA) is 110 Å². The first-order valence-electron chi connectivity index (χ1n) is 5.37. The highest BCUT2D eigenvalue weighted by Gasteiger charge is 2.48. The predicted molar refractivity (Wildman–Crippen MR) is 68.7 cm³/mol. The molecule has 0 aromatic heterocycles. The van der Waals surface area contributed by atoms with E-state index in [1.807, 2.05) is 0 Å². The number of carbonyl (C=O) groups is 2. The molecule has 1 aliphatic carbocycles. The van der Waals surface area contributed by atoms with Gasteiger partial charge in [0.2, 0.25) is 5.91 Å². The molecule has 1 saturated carbocycles. The predicted octanol–water partition coefficient (Wildman–Crippen LogP) is 2.02.